The topological polar surface area (TPSA) is 4.93 Å². The zero-order chi connectivity index (χ0) is 45.9. The van der Waals surface area contributed by atoms with Gasteiger partial charge in [0.05, 0.1) is 16.4 Å². The number of hydrogen-bond acceptors (Lipinski definition) is 0. The lowest BCUT2D eigenvalue weighted by Crippen LogP contribution is -2.29. The number of aromatic nitrogens is 1. The summed E-state index contributed by atoms with van der Waals surface area (Å²) in [6.45, 7) is 0. The third-order valence-electron chi connectivity index (χ3n) is 15.6. The Morgan fingerprint density at radius 1 is 0.257 bits per heavy atom. The fourth-order valence-electron chi connectivity index (χ4n) is 12.9. The monoisotopic (exact) mass is 885 g/mol. The van der Waals surface area contributed by atoms with E-state index >= 15 is 0 Å². The number of benzene rings is 13. The van der Waals surface area contributed by atoms with Gasteiger partial charge in [0.25, 0.3) is 0 Å². The summed E-state index contributed by atoms with van der Waals surface area (Å²) < 4.78 is 2.40. The molecule has 13 aromatic carbocycles. The molecule has 0 atom stereocenters. The molecule has 0 saturated carbocycles. The van der Waals surface area contributed by atoms with Crippen LogP contribution in [0.15, 0.2) is 261 Å². The van der Waals surface area contributed by atoms with E-state index in [1.807, 2.05) is 0 Å². The van der Waals surface area contributed by atoms with E-state index in [9.17, 15) is 0 Å². The van der Waals surface area contributed by atoms with Crippen LogP contribution in [0.2, 0.25) is 0 Å². The molecule has 324 valence electrons. The minimum Gasteiger partial charge on any atom is -0.309 e. The number of para-hydroxylation sites is 2. The minimum absolute atomic E-state index is 0.643. The lowest BCUT2D eigenvalue weighted by Gasteiger charge is -2.35. The standard InChI is InChI=1S/C69H43N/c1-4-22-45(23-5-1)69(46-24-6-2-7-25-46)61-43-60(50-30-11-13-32-52(50)66(61)67-53-33-14-10-28-48(53)49-29-12-19-38-58(49)68(67)69)65-56-36-17-15-34-54(56)64(55-35-16-18-37-57(55)65)44-40-41-63-59(42-44)51-31-20-21-39-62(51)70(63)47-26-8-3-9-27-47/h1-43H. The van der Waals surface area contributed by atoms with Crippen molar-refractivity contribution in [3.63, 3.8) is 0 Å². The van der Waals surface area contributed by atoms with E-state index in [2.05, 4.69) is 265 Å². The molecule has 0 aliphatic heterocycles. The maximum atomic E-state index is 2.61. The molecule has 1 aliphatic rings. The molecule has 0 bridgehead atoms. The number of rotatable bonds is 5. The predicted molar refractivity (Wildman–Crippen MR) is 296 cm³/mol. The first-order valence-electron chi connectivity index (χ1n) is 24.4. The Kier molecular flexibility index (Phi) is 8.35. The summed E-state index contributed by atoms with van der Waals surface area (Å²) in [5, 5.41) is 15.1. The lowest BCUT2D eigenvalue weighted by molar-refractivity contribution is 0.777. The van der Waals surface area contributed by atoms with Crippen LogP contribution in [-0.4, -0.2) is 4.57 Å². The van der Waals surface area contributed by atoms with Gasteiger partial charge in [-0.15, -0.1) is 0 Å². The van der Waals surface area contributed by atoms with Crippen molar-refractivity contribution in [2.45, 2.75) is 5.41 Å². The zero-order valence-electron chi connectivity index (χ0n) is 38.3. The molecule has 14 aromatic rings. The number of fused-ring (bicyclic) bond motifs is 15. The van der Waals surface area contributed by atoms with Crippen LogP contribution in [0.5, 0.6) is 0 Å². The molecule has 1 aromatic heterocycles. The SMILES string of the molecule is c1ccc(-n2c3ccccc3c3cc(-c4c5ccccc5c(-c5cc6c(c7ccccc57)-c5c(c7ccccc7c7ccccc57)C6(c5ccccc5)c5ccccc5)c5ccccc45)ccc32)cc1. The molecule has 0 amide bonds. The second-order valence-electron chi connectivity index (χ2n) is 19.0. The Bertz CT molecular complexity index is 4350. The molecule has 70 heavy (non-hydrogen) atoms. The smallest absolute Gasteiger partial charge is 0.0720 e. The van der Waals surface area contributed by atoms with Crippen LogP contribution in [0.25, 0.3) is 115 Å². The number of hydrogen-bond donors (Lipinski definition) is 0. The van der Waals surface area contributed by atoms with Crippen molar-refractivity contribution in [1.29, 1.82) is 0 Å². The van der Waals surface area contributed by atoms with Crippen molar-refractivity contribution in [3.8, 4) is 39.1 Å². The molecule has 0 saturated heterocycles. The Hall–Kier alpha value is -9.04. The van der Waals surface area contributed by atoms with Crippen LogP contribution < -0.4 is 0 Å². The molecule has 1 heterocycles. The Morgan fingerprint density at radius 2 is 0.671 bits per heavy atom. The van der Waals surface area contributed by atoms with Crippen molar-refractivity contribution < 1.29 is 0 Å². The summed E-state index contributed by atoms with van der Waals surface area (Å²) in [5.74, 6) is 0. The summed E-state index contributed by atoms with van der Waals surface area (Å²) in [6.07, 6.45) is 0. The van der Waals surface area contributed by atoms with E-state index in [-0.39, 0.29) is 0 Å². The Labute approximate surface area is 405 Å². The van der Waals surface area contributed by atoms with E-state index in [0.29, 0.717) is 0 Å². The molecule has 0 spiro atoms. The summed E-state index contributed by atoms with van der Waals surface area (Å²) in [7, 11) is 0. The number of nitrogens with zero attached hydrogens (tertiary/aromatic N) is 1. The largest absolute Gasteiger partial charge is 0.309 e. The first-order chi connectivity index (χ1) is 34.8. The highest BCUT2D eigenvalue weighted by Crippen LogP contribution is 2.63. The highest BCUT2D eigenvalue weighted by molar-refractivity contribution is 6.28. The van der Waals surface area contributed by atoms with Crippen molar-refractivity contribution in [2.24, 2.45) is 0 Å². The molecule has 1 nitrogen and oxygen atoms in total. The van der Waals surface area contributed by atoms with Gasteiger partial charge >= 0.3 is 0 Å². The second kappa shape index (κ2) is 15.0. The third kappa shape index (κ3) is 5.26. The van der Waals surface area contributed by atoms with Crippen LogP contribution in [-0.2, 0) is 5.41 Å². The van der Waals surface area contributed by atoms with E-state index in [0.717, 1.165) is 5.69 Å². The Morgan fingerprint density at radius 3 is 1.26 bits per heavy atom. The van der Waals surface area contributed by atoms with E-state index in [4.69, 9.17) is 0 Å². The molecular formula is C69H43N. The average Bonchev–Trinajstić information content (AvgIpc) is 3.94. The molecule has 0 unspecified atom stereocenters. The molecule has 1 heteroatoms. The van der Waals surface area contributed by atoms with Crippen molar-refractivity contribution >= 4 is 75.7 Å². The maximum absolute atomic E-state index is 2.61. The second-order valence-corrected chi connectivity index (χ2v) is 19.0. The van der Waals surface area contributed by atoms with Crippen molar-refractivity contribution in [1.82, 2.24) is 4.57 Å². The van der Waals surface area contributed by atoms with Gasteiger partial charge in [0, 0.05) is 16.5 Å². The lowest BCUT2D eigenvalue weighted by atomic mass is 9.66. The van der Waals surface area contributed by atoms with Crippen LogP contribution in [0.4, 0.5) is 0 Å². The summed E-state index contributed by atoms with van der Waals surface area (Å²) in [4.78, 5) is 0. The van der Waals surface area contributed by atoms with Gasteiger partial charge < -0.3 is 4.57 Å². The zero-order valence-corrected chi connectivity index (χ0v) is 38.3. The third-order valence-corrected chi connectivity index (χ3v) is 15.6. The van der Waals surface area contributed by atoms with Crippen LogP contribution in [0.3, 0.4) is 0 Å². The van der Waals surface area contributed by atoms with Gasteiger partial charge in [-0.25, -0.2) is 0 Å². The highest BCUT2D eigenvalue weighted by atomic mass is 15.0. The molecular weight excluding hydrogens is 843 g/mol. The Balaban J connectivity index is 1.08. The minimum atomic E-state index is -0.643. The van der Waals surface area contributed by atoms with Gasteiger partial charge in [-0.3, -0.25) is 0 Å². The van der Waals surface area contributed by atoms with Gasteiger partial charge in [0.15, 0.2) is 0 Å². The van der Waals surface area contributed by atoms with Gasteiger partial charge in [-0.05, 0) is 146 Å². The summed E-state index contributed by atoms with van der Waals surface area (Å²) in [6, 6.07) is 97.7. The van der Waals surface area contributed by atoms with Crippen LogP contribution in [0.1, 0.15) is 22.3 Å². The van der Waals surface area contributed by atoms with Crippen molar-refractivity contribution in [2.75, 3.05) is 0 Å². The van der Waals surface area contributed by atoms with Gasteiger partial charge in [0.2, 0.25) is 0 Å². The van der Waals surface area contributed by atoms with E-state index in [1.54, 1.807) is 0 Å². The summed E-state index contributed by atoms with van der Waals surface area (Å²) in [5.41, 5.74) is 15.7. The van der Waals surface area contributed by atoms with Gasteiger partial charge in [0.1, 0.15) is 0 Å². The molecule has 15 rings (SSSR count). The summed E-state index contributed by atoms with van der Waals surface area (Å²) >= 11 is 0. The quantitative estimate of drug-likeness (QED) is 0.120. The fourth-order valence-corrected chi connectivity index (χ4v) is 12.9. The molecule has 0 radical (unpaired) electrons. The maximum Gasteiger partial charge on any atom is 0.0720 e. The van der Waals surface area contributed by atoms with E-state index in [1.165, 1.54) is 131 Å². The molecule has 1 aliphatic carbocycles. The predicted octanol–water partition coefficient (Wildman–Crippen LogP) is 18.2. The van der Waals surface area contributed by atoms with E-state index < -0.39 is 5.41 Å². The fraction of sp³-hybridized carbons (Fsp3) is 0.0145. The van der Waals surface area contributed by atoms with Crippen molar-refractivity contribution in [3.05, 3.63) is 283 Å². The first-order valence-corrected chi connectivity index (χ1v) is 24.4. The average molecular weight is 886 g/mol. The normalized spacial score (nSPS) is 13.0. The first kappa shape index (κ1) is 39.0. The van der Waals surface area contributed by atoms with Crippen LogP contribution in [0, 0.1) is 0 Å². The van der Waals surface area contributed by atoms with Crippen LogP contribution >= 0.6 is 0 Å². The highest BCUT2D eigenvalue weighted by Gasteiger charge is 2.49. The molecule has 0 N–H and O–H groups in total. The van der Waals surface area contributed by atoms with Gasteiger partial charge in [-0.1, -0.05) is 224 Å². The molecule has 0 fully saturated rings. The van der Waals surface area contributed by atoms with Gasteiger partial charge in [-0.2, -0.15) is 0 Å².